The van der Waals surface area contributed by atoms with Crippen LogP contribution in [0.3, 0.4) is 0 Å². The van der Waals surface area contributed by atoms with Crippen LogP contribution in [0.15, 0.2) is 35.6 Å². The van der Waals surface area contributed by atoms with Crippen LogP contribution in [0, 0.1) is 5.82 Å². The SMILES string of the molecule is CCNC(=NCc1ccc(F)cc1CSC)NCc1nccn1C(F)F. The average molecular weight is 385 g/mol. The van der Waals surface area contributed by atoms with E-state index >= 15 is 0 Å². The third kappa shape index (κ3) is 5.69. The van der Waals surface area contributed by atoms with E-state index in [1.807, 2.05) is 13.2 Å². The van der Waals surface area contributed by atoms with Gasteiger partial charge < -0.3 is 10.6 Å². The van der Waals surface area contributed by atoms with Crippen LogP contribution in [0.5, 0.6) is 0 Å². The smallest absolute Gasteiger partial charge is 0.319 e. The minimum atomic E-state index is -2.64. The Labute approximate surface area is 155 Å². The van der Waals surface area contributed by atoms with Crippen molar-refractivity contribution < 1.29 is 13.2 Å². The van der Waals surface area contributed by atoms with Crippen molar-refractivity contribution in [2.75, 3.05) is 12.8 Å². The molecule has 0 fully saturated rings. The first-order valence-electron chi connectivity index (χ1n) is 8.13. The van der Waals surface area contributed by atoms with Crippen LogP contribution in [0.2, 0.25) is 0 Å². The second kappa shape index (κ2) is 10.1. The van der Waals surface area contributed by atoms with Gasteiger partial charge in [-0.05, 0) is 36.4 Å². The zero-order chi connectivity index (χ0) is 18.9. The van der Waals surface area contributed by atoms with Crippen molar-refractivity contribution in [3.05, 3.63) is 53.4 Å². The van der Waals surface area contributed by atoms with Crippen molar-refractivity contribution in [3.8, 4) is 0 Å². The second-order valence-electron chi connectivity index (χ2n) is 5.42. The number of halogens is 3. The second-order valence-corrected chi connectivity index (χ2v) is 6.29. The number of nitrogens with zero attached hydrogens (tertiary/aromatic N) is 3. The summed E-state index contributed by atoms with van der Waals surface area (Å²) in [6.07, 6.45) is 4.52. The number of alkyl halides is 2. The zero-order valence-electron chi connectivity index (χ0n) is 14.7. The standard InChI is InChI=1S/C17H22F3N5S/c1-3-21-17(24-10-15-22-6-7-25(15)16(19)20)23-9-12-4-5-14(18)8-13(12)11-26-2/h4-8,16H,3,9-11H2,1-2H3,(H2,21,23,24). The van der Waals surface area contributed by atoms with Gasteiger partial charge in [0.2, 0.25) is 0 Å². The van der Waals surface area contributed by atoms with Crippen molar-refractivity contribution >= 4 is 17.7 Å². The Balaban J connectivity index is 2.08. The van der Waals surface area contributed by atoms with E-state index in [4.69, 9.17) is 0 Å². The van der Waals surface area contributed by atoms with Gasteiger partial charge in [0.25, 0.3) is 0 Å². The molecule has 0 atom stereocenters. The summed E-state index contributed by atoms with van der Waals surface area (Å²) >= 11 is 1.61. The molecule has 0 aliphatic heterocycles. The summed E-state index contributed by atoms with van der Waals surface area (Å²) in [6, 6.07) is 4.65. The molecule has 0 unspecified atom stereocenters. The molecule has 2 rings (SSSR count). The average Bonchev–Trinajstić information content (AvgIpc) is 3.08. The molecule has 2 aromatic rings. The van der Waals surface area contributed by atoms with E-state index in [-0.39, 0.29) is 18.2 Å². The van der Waals surface area contributed by atoms with Gasteiger partial charge in [0.05, 0.1) is 13.1 Å². The molecule has 0 saturated heterocycles. The molecule has 0 radical (unpaired) electrons. The molecule has 1 heterocycles. The summed E-state index contributed by atoms with van der Waals surface area (Å²) in [6.45, 7) is 0.367. The molecule has 1 aromatic heterocycles. The van der Waals surface area contributed by atoms with E-state index in [1.165, 1.54) is 24.5 Å². The molecule has 0 amide bonds. The number of guanidine groups is 1. The van der Waals surface area contributed by atoms with Crippen molar-refractivity contribution in [2.24, 2.45) is 4.99 Å². The lowest BCUT2D eigenvalue weighted by Gasteiger charge is -2.13. The first-order valence-corrected chi connectivity index (χ1v) is 9.52. The summed E-state index contributed by atoms with van der Waals surface area (Å²) in [5, 5.41) is 6.06. The van der Waals surface area contributed by atoms with Gasteiger partial charge in [0.15, 0.2) is 5.96 Å². The summed E-state index contributed by atoms with van der Waals surface area (Å²) in [4.78, 5) is 8.40. The van der Waals surface area contributed by atoms with Gasteiger partial charge >= 0.3 is 6.55 Å². The molecule has 142 valence electrons. The number of hydrogen-bond donors (Lipinski definition) is 2. The maximum atomic E-state index is 13.4. The first-order chi connectivity index (χ1) is 12.5. The van der Waals surface area contributed by atoms with Gasteiger partial charge in [0.1, 0.15) is 11.6 Å². The molecule has 0 aliphatic carbocycles. The highest BCUT2D eigenvalue weighted by molar-refractivity contribution is 7.97. The monoisotopic (exact) mass is 385 g/mol. The van der Waals surface area contributed by atoms with E-state index in [0.29, 0.717) is 24.8 Å². The third-order valence-electron chi connectivity index (χ3n) is 3.59. The largest absolute Gasteiger partial charge is 0.357 e. The number of benzene rings is 1. The predicted octanol–water partition coefficient (Wildman–Crippen LogP) is 3.54. The quantitative estimate of drug-likeness (QED) is 0.539. The highest BCUT2D eigenvalue weighted by Gasteiger charge is 2.11. The van der Waals surface area contributed by atoms with Gasteiger partial charge in [0, 0.05) is 24.7 Å². The first kappa shape index (κ1) is 20.2. The lowest BCUT2D eigenvalue weighted by Crippen LogP contribution is -2.37. The molecule has 5 nitrogen and oxygen atoms in total. The number of hydrogen-bond acceptors (Lipinski definition) is 3. The molecule has 0 aliphatic rings. The number of aliphatic imine (C=N–C) groups is 1. The number of imidazole rings is 1. The van der Waals surface area contributed by atoms with Gasteiger partial charge in [-0.3, -0.25) is 4.57 Å². The number of rotatable bonds is 8. The van der Waals surface area contributed by atoms with Crippen LogP contribution >= 0.6 is 11.8 Å². The maximum absolute atomic E-state index is 13.4. The van der Waals surface area contributed by atoms with E-state index in [2.05, 4.69) is 20.6 Å². The number of thioether (sulfide) groups is 1. The molecule has 2 N–H and O–H groups in total. The van der Waals surface area contributed by atoms with Crippen LogP contribution in [-0.4, -0.2) is 28.3 Å². The van der Waals surface area contributed by atoms with Crippen molar-refractivity contribution in [1.29, 1.82) is 0 Å². The number of nitrogens with one attached hydrogen (secondary N) is 2. The normalized spacial score (nSPS) is 11.8. The third-order valence-corrected chi connectivity index (χ3v) is 4.19. The molecule has 9 heteroatoms. The van der Waals surface area contributed by atoms with Crippen molar-refractivity contribution in [2.45, 2.75) is 32.3 Å². The van der Waals surface area contributed by atoms with Crippen LogP contribution in [-0.2, 0) is 18.8 Å². The Hall–Kier alpha value is -2.16. The Morgan fingerprint density at radius 1 is 1.31 bits per heavy atom. The highest BCUT2D eigenvalue weighted by Crippen LogP contribution is 2.17. The van der Waals surface area contributed by atoms with E-state index in [1.54, 1.807) is 17.8 Å². The lowest BCUT2D eigenvalue weighted by molar-refractivity contribution is 0.0668. The number of aromatic nitrogens is 2. The molecule has 1 aromatic carbocycles. The van der Waals surface area contributed by atoms with Crippen LogP contribution in [0.1, 0.15) is 30.4 Å². The van der Waals surface area contributed by atoms with E-state index in [0.717, 1.165) is 15.7 Å². The molecule has 0 saturated carbocycles. The van der Waals surface area contributed by atoms with Gasteiger partial charge in [-0.2, -0.15) is 20.5 Å². The molecule has 0 bridgehead atoms. The fourth-order valence-electron chi connectivity index (χ4n) is 2.37. The predicted molar refractivity (Wildman–Crippen MR) is 98.8 cm³/mol. The Morgan fingerprint density at radius 3 is 2.81 bits per heavy atom. The molecule has 26 heavy (non-hydrogen) atoms. The van der Waals surface area contributed by atoms with Crippen molar-refractivity contribution in [1.82, 2.24) is 20.2 Å². The summed E-state index contributed by atoms with van der Waals surface area (Å²) in [7, 11) is 0. The molecular formula is C17H22F3N5S. The van der Waals surface area contributed by atoms with Gasteiger partial charge in [-0.1, -0.05) is 6.07 Å². The van der Waals surface area contributed by atoms with E-state index in [9.17, 15) is 13.2 Å². The Kier molecular flexibility index (Phi) is 7.83. The lowest BCUT2D eigenvalue weighted by atomic mass is 10.1. The fourth-order valence-corrected chi connectivity index (χ4v) is 2.95. The summed E-state index contributed by atoms with van der Waals surface area (Å²) in [5.74, 6) is 1.12. The fraction of sp³-hybridized carbons (Fsp3) is 0.412. The van der Waals surface area contributed by atoms with E-state index < -0.39 is 6.55 Å². The summed E-state index contributed by atoms with van der Waals surface area (Å²) in [5.41, 5.74) is 1.82. The zero-order valence-corrected chi connectivity index (χ0v) is 15.5. The molecule has 0 spiro atoms. The van der Waals surface area contributed by atoms with Crippen LogP contribution in [0.25, 0.3) is 0 Å². The van der Waals surface area contributed by atoms with Gasteiger partial charge in [-0.25, -0.2) is 14.4 Å². The van der Waals surface area contributed by atoms with Gasteiger partial charge in [-0.15, -0.1) is 0 Å². The highest BCUT2D eigenvalue weighted by atomic mass is 32.2. The van der Waals surface area contributed by atoms with Crippen molar-refractivity contribution in [3.63, 3.8) is 0 Å². The van der Waals surface area contributed by atoms with Crippen LogP contribution in [0.4, 0.5) is 13.2 Å². The summed E-state index contributed by atoms with van der Waals surface area (Å²) < 4.78 is 40.0. The topological polar surface area (TPSA) is 54.2 Å². The minimum Gasteiger partial charge on any atom is -0.357 e. The Morgan fingerprint density at radius 2 is 2.12 bits per heavy atom. The van der Waals surface area contributed by atoms with Crippen LogP contribution < -0.4 is 10.6 Å². The maximum Gasteiger partial charge on any atom is 0.319 e. The Bertz CT molecular complexity index is 733. The molecular weight excluding hydrogens is 363 g/mol. The minimum absolute atomic E-state index is 0.115.